The van der Waals surface area contributed by atoms with Crippen LogP contribution < -0.4 is 25.0 Å². The molecule has 3 aromatic carbocycles. The lowest BCUT2D eigenvalue weighted by Crippen LogP contribution is -2.44. The molecule has 2 saturated carbocycles. The van der Waals surface area contributed by atoms with Gasteiger partial charge in [0.05, 0.1) is 76.6 Å². The molecule has 14 rings (SSSR count). The van der Waals surface area contributed by atoms with E-state index in [-0.39, 0.29) is 53.9 Å². The van der Waals surface area contributed by atoms with Crippen molar-refractivity contribution in [2.75, 3.05) is 42.7 Å². The zero-order valence-corrected chi connectivity index (χ0v) is 40.0. The second kappa shape index (κ2) is 14.1. The summed E-state index contributed by atoms with van der Waals surface area (Å²) in [5, 5.41) is 15.9. The number of fused-ring (bicyclic) bond motifs is 9. The van der Waals surface area contributed by atoms with E-state index in [1.54, 1.807) is 35.6 Å². The van der Waals surface area contributed by atoms with Crippen LogP contribution in [0.3, 0.4) is 0 Å². The number of aromatic nitrogens is 7. The Kier molecular flexibility index (Phi) is 8.46. The maximum Gasteiger partial charge on any atom is 0.438 e. The minimum Gasteiger partial charge on any atom is -0.492 e. The van der Waals surface area contributed by atoms with Gasteiger partial charge in [0, 0.05) is 47.6 Å². The molecule has 70 heavy (non-hydrogen) atoms. The van der Waals surface area contributed by atoms with E-state index in [1.165, 1.54) is 0 Å². The fourth-order valence-corrected chi connectivity index (χ4v) is 13.1. The first-order valence-electron chi connectivity index (χ1n) is 24.6. The Balaban J connectivity index is 0.895. The summed E-state index contributed by atoms with van der Waals surface area (Å²) in [6.45, 7) is 13.8. The fourth-order valence-electron chi connectivity index (χ4n) is 13.1. The molecule has 5 aliphatic heterocycles. The van der Waals surface area contributed by atoms with Crippen LogP contribution >= 0.6 is 0 Å². The van der Waals surface area contributed by atoms with Crippen LogP contribution in [-0.2, 0) is 22.1 Å². The van der Waals surface area contributed by atoms with Gasteiger partial charge in [-0.25, -0.2) is 18.7 Å². The first-order chi connectivity index (χ1) is 33.6. The normalized spacial score (nSPS) is 26.4. The predicted octanol–water partition coefficient (Wildman–Crippen LogP) is 7.91. The van der Waals surface area contributed by atoms with Gasteiger partial charge >= 0.3 is 11.8 Å². The molecule has 360 valence electrons. The molecule has 9 heterocycles. The van der Waals surface area contributed by atoms with Gasteiger partial charge in [0.15, 0.2) is 11.6 Å². The van der Waals surface area contributed by atoms with E-state index in [2.05, 4.69) is 47.7 Å². The first kappa shape index (κ1) is 42.0. The Morgan fingerprint density at radius 3 is 2.51 bits per heavy atom. The van der Waals surface area contributed by atoms with Gasteiger partial charge in [0.25, 0.3) is 5.91 Å². The fraction of sp³-hybridized carbons (Fsp3) is 0.462. The third kappa shape index (κ3) is 5.73. The summed E-state index contributed by atoms with van der Waals surface area (Å²) < 4.78 is 45.5. The molecule has 4 fully saturated rings. The van der Waals surface area contributed by atoms with Crippen molar-refractivity contribution in [1.82, 2.24) is 39.2 Å². The lowest BCUT2D eigenvalue weighted by atomic mass is 9.70. The van der Waals surface area contributed by atoms with Crippen molar-refractivity contribution in [3.05, 3.63) is 104 Å². The molecule has 2 aliphatic carbocycles. The van der Waals surface area contributed by atoms with Crippen molar-refractivity contribution in [3.8, 4) is 17.2 Å². The van der Waals surface area contributed by atoms with Crippen LogP contribution in [0.5, 0.6) is 11.5 Å². The summed E-state index contributed by atoms with van der Waals surface area (Å²) in [6, 6.07) is 12.9. The summed E-state index contributed by atoms with van der Waals surface area (Å²) in [7, 11) is 0. The molecule has 7 aromatic rings. The van der Waals surface area contributed by atoms with Crippen molar-refractivity contribution in [3.63, 3.8) is 0 Å². The number of ether oxygens (including phenoxy) is 3. The number of aromatic amines is 1. The molecule has 0 radical (unpaired) electrons. The van der Waals surface area contributed by atoms with Crippen LogP contribution in [0.1, 0.15) is 116 Å². The molecule has 5 atom stereocenters. The number of nitrogens with zero attached hydrogens (tertiary/aromatic N) is 9. The summed E-state index contributed by atoms with van der Waals surface area (Å²) >= 11 is 0. The number of hydrogen-bond donors (Lipinski definition) is 1. The van der Waals surface area contributed by atoms with Crippen molar-refractivity contribution in [1.29, 1.82) is 0 Å². The summed E-state index contributed by atoms with van der Waals surface area (Å²) in [5.41, 5.74) is 5.55. The number of carbonyl (C=O) groups is 2. The average Bonchev–Trinajstić information content (AvgIpc) is 3.77. The van der Waals surface area contributed by atoms with Gasteiger partial charge in [-0.05, 0) is 120 Å². The Labute approximate surface area is 401 Å². The zero-order valence-electron chi connectivity index (χ0n) is 40.0. The number of aryl methyl sites for hydroxylation is 2. The molecule has 3 amide bonds. The third-order valence-corrected chi connectivity index (χ3v) is 16.7. The van der Waals surface area contributed by atoms with Crippen molar-refractivity contribution >= 4 is 45.2 Å². The molecule has 0 bridgehead atoms. The number of benzene rings is 3. The molecule has 1 spiro atoms. The molecule has 0 unspecified atom stereocenters. The number of urea groups is 1. The van der Waals surface area contributed by atoms with Gasteiger partial charge in [0.1, 0.15) is 35.2 Å². The molecule has 4 aromatic heterocycles. The number of nitrogens with one attached hydrogen (secondary N) is 1. The van der Waals surface area contributed by atoms with Gasteiger partial charge in [-0.3, -0.25) is 28.8 Å². The summed E-state index contributed by atoms with van der Waals surface area (Å²) in [6.07, 6.45) is 6.63. The monoisotopic (exact) mass is 948 g/mol. The van der Waals surface area contributed by atoms with Crippen LogP contribution in [0.25, 0.3) is 27.5 Å². The highest BCUT2D eigenvalue weighted by Crippen LogP contribution is 2.58. The molecule has 17 nitrogen and oxygen atoms in total. The maximum atomic E-state index is 15.8. The molecule has 7 aliphatic rings. The van der Waals surface area contributed by atoms with Crippen LogP contribution in [0.2, 0.25) is 0 Å². The van der Waals surface area contributed by atoms with Gasteiger partial charge in [-0.1, -0.05) is 12.1 Å². The number of anilines is 2. The number of carbonyl (C=O) groups excluding carboxylic acids is 2. The van der Waals surface area contributed by atoms with E-state index in [9.17, 15) is 4.79 Å². The predicted molar refractivity (Wildman–Crippen MR) is 255 cm³/mol. The number of rotatable bonds is 6. The van der Waals surface area contributed by atoms with E-state index in [4.69, 9.17) is 28.9 Å². The van der Waals surface area contributed by atoms with E-state index < -0.39 is 17.3 Å². The highest BCUT2D eigenvalue weighted by Gasteiger charge is 2.60. The topological polar surface area (TPSA) is 171 Å². The first-order valence-corrected chi connectivity index (χ1v) is 24.6. The Morgan fingerprint density at radius 1 is 0.986 bits per heavy atom. The highest BCUT2D eigenvalue weighted by molar-refractivity contribution is 6.10. The molecule has 2 saturated heterocycles. The lowest BCUT2D eigenvalue weighted by Gasteiger charge is -2.42. The van der Waals surface area contributed by atoms with E-state index >= 15 is 14.0 Å². The van der Waals surface area contributed by atoms with Gasteiger partial charge in [-0.2, -0.15) is 10.2 Å². The van der Waals surface area contributed by atoms with Crippen LogP contribution in [0.4, 0.5) is 20.7 Å². The van der Waals surface area contributed by atoms with Crippen molar-refractivity contribution in [2.24, 2.45) is 5.92 Å². The SMILES string of the molecule is Cc1cc(-n2nc3c(c2N2C[C@@H]4COc5c(ccc6c5cnn6C5CC5)N4C2=O)[C@H](C)N(C(=O)c2cc4cc5c(cc4n2[C@@]2(c4noc(=O)[nH]4)C[C@@H]2C)OC[C@@]52CCOC(C)(C)C2)CC3)cc(C)c1F. The van der Waals surface area contributed by atoms with Crippen molar-refractivity contribution < 1.29 is 32.7 Å². The van der Waals surface area contributed by atoms with E-state index in [0.717, 1.165) is 70.1 Å². The molecular weight excluding hydrogens is 896 g/mol. The number of amides is 3. The largest absolute Gasteiger partial charge is 0.492 e. The van der Waals surface area contributed by atoms with E-state index in [1.807, 2.05) is 45.7 Å². The summed E-state index contributed by atoms with van der Waals surface area (Å²) in [4.78, 5) is 52.0. The van der Waals surface area contributed by atoms with Crippen LogP contribution in [0, 0.1) is 25.6 Å². The highest BCUT2D eigenvalue weighted by atomic mass is 19.1. The average molecular weight is 949 g/mol. The number of hydrogen-bond acceptors (Lipinski definition) is 10. The quantitative estimate of drug-likeness (QED) is 0.173. The van der Waals surface area contributed by atoms with E-state index in [0.29, 0.717) is 84.2 Å². The summed E-state index contributed by atoms with van der Waals surface area (Å²) in [5.74, 6) is 1.09. The Hall–Kier alpha value is -6.95. The smallest absolute Gasteiger partial charge is 0.438 e. The lowest BCUT2D eigenvalue weighted by molar-refractivity contribution is -0.0849. The minimum absolute atomic E-state index is 0.00987. The number of H-pyrrole nitrogens is 1. The van der Waals surface area contributed by atoms with Gasteiger partial charge in [-0.15, -0.1) is 0 Å². The van der Waals surface area contributed by atoms with Crippen LogP contribution in [-0.4, -0.2) is 95.7 Å². The molecule has 1 N–H and O–H groups in total. The minimum atomic E-state index is -0.879. The van der Waals surface area contributed by atoms with Gasteiger partial charge < -0.3 is 23.7 Å². The number of halogens is 1. The maximum absolute atomic E-state index is 15.8. The standard InChI is InChI=1S/C52H53FN10O7/c1-26-15-32(16-27(2)43(26)53)63-45(59-22-33-23-67-44-34-21-54-62(31-7-8-31)37(34)9-10-38(44)60(33)49(59)66)42-29(4)58(13-11-36(42)56-63)46(64)40-18-30-17-35-41(68-25-51(35)12-14-69-50(5,6)24-51)19-39(30)61(40)52(20-28(52)3)47-55-48(65)70-57-47/h9-10,15-19,21,28-29,31,33H,7-8,11-14,20,22-25H2,1-6H3,(H,55,57,65)/t28-,29-,33+,51-,52-/m0/s1. The zero-order chi connectivity index (χ0) is 47.9. The van der Waals surface area contributed by atoms with Crippen molar-refractivity contribution in [2.45, 2.75) is 115 Å². The van der Waals surface area contributed by atoms with Gasteiger partial charge in [0.2, 0.25) is 0 Å². The molecular formula is C52H53FN10O7. The second-order valence-electron chi connectivity index (χ2n) is 21.7. The van der Waals surface area contributed by atoms with Crippen LogP contribution in [0.15, 0.2) is 58.0 Å². The third-order valence-electron chi connectivity index (χ3n) is 16.7. The molecule has 18 heteroatoms. The second-order valence-corrected chi connectivity index (χ2v) is 21.7. The Bertz CT molecular complexity index is 3480. The Morgan fingerprint density at radius 2 is 1.79 bits per heavy atom.